The van der Waals surface area contributed by atoms with Crippen LogP contribution in [0, 0.1) is 5.41 Å². The Balaban J connectivity index is 2.73. The van der Waals surface area contributed by atoms with Gasteiger partial charge in [-0.15, -0.1) is 11.8 Å². The average Bonchev–Trinajstić information content (AvgIpc) is 2.31. The number of benzene rings is 1. The molecule has 0 bridgehead atoms. The lowest BCUT2D eigenvalue weighted by atomic mass is 9.92. The molecular weight excluding hydrogens is 250 g/mol. The molecule has 0 aromatic heterocycles. The van der Waals surface area contributed by atoms with Gasteiger partial charge in [-0.3, -0.25) is 9.59 Å². The normalized spacial score (nSPS) is 11.1. The van der Waals surface area contributed by atoms with E-state index in [1.54, 1.807) is 23.9 Å². The monoisotopic (exact) mass is 267 g/mol. The van der Waals surface area contributed by atoms with Crippen LogP contribution in [0.1, 0.15) is 20.8 Å². The third kappa shape index (κ3) is 3.50. The summed E-state index contributed by atoms with van der Waals surface area (Å²) in [7, 11) is 0. The van der Waals surface area contributed by atoms with Crippen molar-refractivity contribution in [3.63, 3.8) is 0 Å². The quantitative estimate of drug-likeness (QED) is 0.636. The van der Waals surface area contributed by atoms with Gasteiger partial charge in [0.1, 0.15) is 5.41 Å². The van der Waals surface area contributed by atoms with Gasteiger partial charge >= 0.3 is 5.97 Å². The highest BCUT2D eigenvalue weighted by atomic mass is 32.2. The molecule has 4 nitrogen and oxygen atoms in total. The minimum Gasteiger partial charge on any atom is -0.480 e. The highest BCUT2D eigenvalue weighted by molar-refractivity contribution is 7.99. The molecule has 1 rings (SSSR count). The lowest BCUT2D eigenvalue weighted by Crippen LogP contribution is -2.37. The maximum absolute atomic E-state index is 11.8. The number of amides is 1. The first-order valence-electron chi connectivity index (χ1n) is 5.65. The standard InChI is InChI=1S/C13H17NO3S/c1-4-18-10-7-5-9(6-8-10)14-11(15)13(2,3)12(16)17/h5-8H,4H2,1-3H3,(H,14,15)(H,16,17). The first-order valence-corrected chi connectivity index (χ1v) is 6.64. The van der Waals surface area contributed by atoms with Crippen molar-refractivity contribution in [3.8, 4) is 0 Å². The van der Waals surface area contributed by atoms with E-state index < -0.39 is 17.3 Å². The van der Waals surface area contributed by atoms with Gasteiger partial charge in [0.15, 0.2) is 0 Å². The van der Waals surface area contributed by atoms with E-state index in [1.807, 2.05) is 12.1 Å². The number of carboxylic acids is 1. The van der Waals surface area contributed by atoms with Crippen LogP contribution in [0.5, 0.6) is 0 Å². The molecule has 1 aromatic carbocycles. The Morgan fingerprint density at radius 3 is 2.28 bits per heavy atom. The van der Waals surface area contributed by atoms with Gasteiger partial charge in [0, 0.05) is 10.6 Å². The van der Waals surface area contributed by atoms with Crippen LogP contribution in [0.2, 0.25) is 0 Å². The fraction of sp³-hybridized carbons (Fsp3) is 0.385. The first kappa shape index (κ1) is 14.6. The molecule has 1 amide bonds. The Labute approximate surface area is 111 Å². The second-order valence-electron chi connectivity index (χ2n) is 4.34. The van der Waals surface area contributed by atoms with E-state index in [2.05, 4.69) is 12.2 Å². The number of aliphatic carboxylic acids is 1. The smallest absolute Gasteiger partial charge is 0.318 e. The van der Waals surface area contributed by atoms with Gasteiger partial charge in [-0.1, -0.05) is 6.92 Å². The van der Waals surface area contributed by atoms with E-state index >= 15 is 0 Å². The molecule has 0 saturated heterocycles. The highest BCUT2D eigenvalue weighted by Gasteiger charge is 2.35. The molecule has 5 heteroatoms. The molecule has 0 atom stereocenters. The third-order valence-corrected chi connectivity index (χ3v) is 3.42. The van der Waals surface area contributed by atoms with Crippen molar-refractivity contribution in [2.24, 2.45) is 5.41 Å². The van der Waals surface area contributed by atoms with Gasteiger partial charge < -0.3 is 10.4 Å². The summed E-state index contributed by atoms with van der Waals surface area (Å²) >= 11 is 1.71. The minimum atomic E-state index is -1.43. The molecule has 0 aliphatic carbocycles. The molecule has 0 spiro atoms. The molecule has 0 aliphatic rings. The van der Waals surface area contributed by atoms with Crippen LogP contribution in [0.4, 0.5) is 5.69 Å². The second kappa shape index (κ2) is 5.91. The molecule has 2 N–H and O–H groups in total. The fourth-order valence-corrected chi connectivity index (χ4v) is 1.85. The molecule has 0 fully saturated rings. The van der Waals surface area contributed by atoms with E-state index in [0.717, 1.165) is 10.6 Å². The zero-order valence-electron chi connectivity index (χ0n) is 10.7. The molecule has 98 valence electrons. The van der Waals surface area contributed by atoms with Crippen LogP contribution in [-0.4, -0.2) is 22.7 Å². The van der Waals surface area contributed by atoms with Crippen LogP contribution in [-0.2, 0) is 9.59 Å². The summed E-state index contributed by atoms with van der Waals surface area (Å²) in [6.45, 7) is 4.83. The van der Waals surface area contributed by atoms with E-state index in [9.17, 15) is 9.59 Å². The summed E-state index contributed by atoms with van der Waals surface area (Å²) in [4.78, 5) is 23.8. The molecule has 0 unspecified atom stereocenters. The van der Waals surface area contributed by atoms with Crippen molar-refractivity contribution in [1.82, 2.24) is 0 Å². The maximum atomic E-state index is 11.8. The summed E-state index contributed by atoms with van der Waals surface area (Å²) in [6.07, 6.45) is 0. The number of nitrogens with one attached hydrogen (secondary N) is 1. The summed E-state index contributed by atoms with van der Waals surface area (Å²) < 4.78 is 0. The largest absolute Gasteiger partial charge is 0.480 e. The number of hydrogen-bond acceptors (Lipinski definition) is 3. The number of carbonyl (C=O) groups is 2. The van der Waals surface area contributed by atoms with Gasteiger partial charge in [0.25, 0.3) is 0 Å². The fourth-order valence-electron chi connectivity index (χ4n) is 1.19. The maximum Gasteiger partial charge on any atom is 0.318 e. The van der Waals surface area contributed by atoms with Crippen molar-refractivity contribution in [1.29, 1.82) is 0 Å². The third-order valence-electron chi connectivity index (χ3n) is 2.53. The Kier molecular flexibility index (Phi) is 4.78. The van der Waals surface area contributed by atoms with E-state index in [1.165, 1.54) is 13.8 Å². The molecule has 1 aromatic rings. The van der Waals surface area contributed by atoms with E-state index in [0.29, 0.717) is 5.69 Å². The number of anilines is 1. The average molecular weight is 267 g/mol. The molecule has 18 heavy (non-hydrogen) atoms. The Bertz CT molecular complexity index is 440. The van der Waals surface area contributed by atoms with Crippen molar-refractivity contribution in [2.75, 3.05) is 11.1 Å². The summed E-state index contributed by atoms with van der Waals surface area (Å²) in [5.41, 5.74) is -0.827. The Morgan fingerprint density at radius 2 is 1.83 bits per heavy atom. The van der Waals surface area contributed by atoms with Crippen molar-refractivity contribution in [2.45, 2.75) is 25.7 Å². The SMILES string of the molecule is CCSc1ccc(NC(=O)C(C)(C)C(=O)O)cc1. The Morgan fingerprint density at radius 1 is 1.28 bits per heavy atom. The second-order valence-corrected chi connectivity index (χ2v) is 5.68. The minimum absolute atomic E-state index is 0.522. The van der Waals surface area contributed by atoms with Crippen molar-refractivity contribution >= 4 is 29.3 Å². The first-order chi connectivity index (χ1) is 8.37. The predicted octanol–water partition coefficient (Wildman–Crippen LogP) is 2.85. The van der Waals surface area contributed by atoms with Gasteiger partial charge in [-0.05, 0) is 43.9 Å². The molecular formula is C13H17NO3S. The van der Waals surface area contributed by atoms with Gasteiger partial charge in [0.2, 0.25) is 5.91 Å². The van der Waals surface area contributed by atoms with Crippen LogP contribution in [0.3, 0.4) is 0 Å². The lowest BCUT2D eigenvalue weighted by Gasteiger charge is -2.18. The van der Waals surface area contributed by atoms with Crippen LogP contribution in [0.25, 0.3) is 0 Å². The number of thioether (sulfide) groups is 1. The number of rotatable bonds is 5. The molecule has 0 aliphatic heterocycles. The van der Waals surface area contributed by atoms with Crippen LogP contribution >= 0.6 is 11.8 Å². The zero-order chi connectivity index (χ0) is 13.8. The highest BCUT2D eigenvalue weighted by Crippen LogP contribution is 2.22. The number of carboxylic acid groups (broad SMARTS) is 1. The van der Waals surface area contributed by atoms with Gasteiger partial charge in [-0.25, -0.2) is 0 Å². The number of carbonyl (C=O) groups excluding carboxylic acids is 1. The zero-order valence-corrected chi connectivity index (χ0v) is 11.5. The van der Waals surface area contributed by atoms with Gasteiger partial charge in [-0.2, -0.15) is 0 Å². The van der Waals surface area contributed by atoms with Crippen molar-refractivity contribution in [3.05, 3.63) is 24.3 Å². The Hall–Kier alpha value is -1.49. The van der Waals surface area contributed by atoms with Gasteiger partial charge in [0.05, 0.1) is 0 Å². The van der Waals surface area contributed by atoms with E-state index in [-0.39, 0.29) is 0 Å². The topological polar surface area (TPSA) is 66.4 Å². The lowest BCUT2D eigenvalue weighted by molar-refractivity contribution is -0.151. The van der Waals surface area contributed by atoms with E-state index in [4.69, 9.17) is 5.11 Å². The number of hydrogen-bond donors (Lipinski definition) is 2. The molecule has 0 saturated carbocycles. The van der Waals surface area contributed by atoms with Crippen molar-refractivity contribution < 1.29 is 14.7 Å². The summed E-state index contributed by atoms with van der Waals surface area (Å²) in [6, 6.07) is 7.34. The van der Waals surface area contributed by atoms with Crippen LogP contribution in [0.15, 0.2) is 29.2 Å². The molecule has 0 radical (unpaired) electrons. The summed E-state index contributed by atoms with van der Waals surface area (Å²) in [5.74, 6) is -0.679. The van der Waals surface area contributed by atoms with Crippen LogP contribution < -0.4 is 5.32 Å². The molecule has 0 heterocycles. The summed E-state index contributed by atoms with van der Waals surface area (Å²) in [5, 5.41) is 11.5. The predicted molar refractivity (Wildman–Crippen MR) is 72.9 cm³/mol.